The molecule has 0 N–H and O–H groups in total. The fourth-order valence-electron chi connectivity index (χ4n) is 2.95. The molecule has 2 heterocycles. The van der Waals surface area contributed by atoms with Crippen LogP contribution in [0.25, 0.3) is 0 Å². The van der Waals surface area contributed by atoms with Crippen molar-refractivity contribution in [3.05, 3.63) is 65.5 Å². The van der Waals surface area contributed by atoms with Gasteiger partial charge >= 0.3 is 0 Å². The van der Waals surface area contributed by atoms with E-state index in [1.165, 1.54) is 0 Å². The summed E-state index contributed by atoms with van der Waals surface area (Å²) in [5, 5.41) is 2.48. The van der Waals surface area contributed by atoms with Gasteiger partial charge in [0.2, 0.25) is 0 Å². The maximum Gasteiger partial charge on any atom is 0.115 e. The molecule has 144 valence electrons. The number of benzene rings is 2. The summed E-state index contributed by atoms with van der Waals surface area (Å²) in [6.07, 6.45) is -1.43. The van der Waals surface area contributed by atoms with Gasteiger partial charge < -0.3 is 14.2 Å². The highest BCUT2D eigenvalue weighted by Crippen LogP contribution is 2.47. The first-order valence-corrected chi connectivity index (χ1v) is 10.3. The predicted molar refractivity (Wildman–Crippen MR) is 109 cm³/mol. The molecule has 4 rings (SSSR count). The molecule has 0 aliphatic carbocycles. The first-order valence-electron chi connectivity index (χ1n) is 8.02. The van der Waals surface area contributed by atoms with E-state index in [0.29, 0.717) is 54.5 Å². The Morgan fingerprint density at radius 2 is 0.963 bits per heavy atom. The molecule has 2 fully saturated rings. The third-order valence-corrected chi connectivity index (χ3v) is 6.03. The molecule has 3 nitrogen and oxygen atoms in total. The predicted octanol–water partition coefficient (Wildman–Crippen LogP) is 7.20. The van der Waals surface area contributed by atoms with Crippen LogP contribution in [0.4, 0.5) is 0 Å². The van der Waals surface area contributed by atoms with E-state index in [2.05, 4.69) is 0 Å². The van der Waals surface area contributed by atoms with Crippen molar-refractivity contribution in [3.8, 4) is 0 Å². The average Bonchev–Trinajstić information content (AvgIpc) is 3.44. The van der Waals surface area contributed by atoms with Crippen molar-refractivity contribution >= 4 is 69.6 Å². The zero-order chi connectivity index (χ0) is 19.3. The van der Waals surface area contributed by atoms with Crippen LogP contribution < -0.4 is 0 Å². The quantitative estimate of drug-likeness (QED) is 0.403. The molecule has 0 radical (unpaired) electrons. The van der Waals surface area contributed by atoms with E-state index < -0.39 is 12.2 Å². The van der Waals surface area contributed by atoms with E-state index in [4.69, 9.17) is 83.8 Å². The Morgan fingerprint density at radius 3 is 1.22 bits per heavy atom. The van der Waals surface area contributed by atoms with Crippen LogP contribution in [-0.4, -0.2) is 25.4 Å². The van der Waals surface area contributed by atoms with Gasteiger partial charge in [0.05, 0.1) is 13.2 Å². The van der Waals surface area contributed by atoms with Gasteiger partial charge in [-0.15, -0.1) is 0 Å². The van der Waals surface area contributed by atoms with Gasteiger partial charge in [-0.3, -0.25) is 0 Å². The van der Waals surface area contributed by atoms with Crippen LogP contribution in [-0.2, 0) is 14.2 Å². The Hall–Kier alpha value is 0.0600. The molecule has 2 aliphatic rings. The smallest absolute Gasteiger partial charge is 0.115 e. The van der Waals surface area contributed by atoms with Gasteiger partial charge in [-0.2, -0.15) is 0 Å². The standard InChI is InChI=1S/C18H12Cl6O3/c19-7-1-9(21)15(10(22)2-7)17(13-5-25-13)27-18(14-6-26-14)16-11(23)3-8(20)4-12(16)24/h1-4,13-14,17-18H,5-6H2. The van der Waals surface area contributed by atoms with E-state index in [1.54, 1.807) is 24.3 Å². The highest BCUT2D eigenvalue weighted by molar-refractivity contribution is 6.40. The minimum atomic E-state index is -0.528. The second kappa shape index (κ2) is 8.06. The molecule has 2 aliphatic heterocycles. The van der Waals surface area contributed by atoms with Gasteiger partial charge in [0, 0.05) is 41.3 Å². The molecule has 27 heavy (non-hydrogen) atoms. The highest BCUT2D eigenvalue weighted by Gasteiger charge is 2.44. The van der Waals surface area contributed by atoms with E-state index in [-0.39, 0.29) is 12.2 Å². The Balaban J connectivity index is 1.73. The molecule has 2 saturated heterocycles. The Morgan fingerprint density at radius 1 is 0.667 bits per heavy atom. The molecule has 0 spiro atoms. The van der Waals surface area contributed by atoms with E-state index in [9.17, 15) is 0 Å². The lowest BCUT2D eigenvalue weighted by molar-refractivity contribution is -0.0417. The van der Waals surface area contributed by atoms with Crippen molar-refractivity contribution in [2.45, 2.75) is 24.4 Å². The summed E-state index contributed by atoms with van der Waals surface area (Å²) >= 11 is 37.7. The average molecular weight is 489 g/mol. The Labute approximate surface area is 186 Å². The van der Waals surface area contributed by atoms with Gasteiger partial charge in [0.1, 0.15) is 24.4 Å². The molecule has 0 aromatic heterocycles. The molecule has 4 unspecified atom stereocenters. The highest BCUT2D eigenvalue weighted by atomic mass is 35.5. The van der Waals surface area contributed by atoms with Crippen molar-refractivity contribution < 1.29 is 14.2 Å². The van der Waals surface area contributed by atoms with Gasteiger partial charge in [-0.05, 0) is 24.3 Å². The van der Waals surface area contributed by atoms with Crippen LogP contribution in [0.15, 0.2) is 24.3 Å². The third-order valence-electron chi connectivity index (χ3n) is 4.34. The molecular formula is C18H12Cl6O3. The van der Waals surface area contributed by atoms with Gasteiger partial charge in [-0.25, -0.2) is 0 Å². The summed E-state index contributed by atoms with van der Waals surface area (Å²) < 4.78 is 17.4. The third kappa shape index (κ3) is 4.48. The number of rotatable bonds is 6. The van der Waals surface area contributed by atoms with Crippen molar-refractivity contribution in [3.63, 3.8) is 0 Å². The topological polar surface area (TPSA) is 34.3 Å². The number of hydrogen-bond acceptors (Lipinski definition) is 3. The summed E-state index contributed by atoms with van der Waals surface area (Å²) in [6.45, 7) is 1.06. The minimum absolute atomic E-state index is 0.188. The molecule has 2 aromatic carbocycles. The van der Waals surface area contributed by atoms with Crippen LogP contribution in [0.2, 0.25) is 30.1 Å². The van der Waals surface area contributed by atoms with Crippen LogP contribution >= 0.6 is 69.6 Å². The summed E-state index contributed by atoms with van der Waals surface area (Å²) in [7, 11) is 0. The maximum absolute atomic E-state index is 6.40. The summed E-state index contributed by atoms with van der Waals surface area (Å²) in [5.41, 5.74) is 1.22. The lowest BCUT2D eigenvalue weighted by Gasteiger charge is -2.26. The molecule has 4 atom stereocenters. The van der Waals surface area contributed by atoms with Crippen molar-refractivity contribution in [2.75, 3.05) is 13.2 Å². The number of ether oxygens (including phenoxy) is 3. The fourth-order valence-corrected chi connectivity index (χ4v) is 5.02. The van der Waals surface area contributed by atoms with E-state index >= 15 is 0 Å². The summed E-state index contributed by atoms with van der Waals surface area (Å²) in [6, 6.07) is 6.48. The van der Waals surface area contributed by atoms with E-state index in [1.807, 2.05) is 0 Å². The number of hydrogen-bond donors (Lipinski definition) is 0. The van der Waals surface area contributed by atoms with E-state index in [0.717, 1.165) is 0 Å². The SMILES string of the molecule is Clc1cc(Cl)c(C(OC(c2c(Cl)cc(Cl)cc2Cl)C2CO2)C2CO2)c(Cl)c1. The first kappa shape index (κ1) is 20.3. The van der Waals surface area contributed by atoms with Crippen LogP contribution in [0.5, 0.6) is 0 Å². The maximum atomic E-state index is 6.40. The molecular weight excluding hydrogens is 477 g/mol. The van der Waals surface area contributed by atoms with Gasteiger partial charge in [-0.1, -0.05) is 69.6 Å². The number of epoxide rings is 2. The zero-order valence-corrected chi connectivity index (χ0v) is 18.1. The van der Waals surface area contributed by atoms with Gasteiger partial charge in [0.15, 0.2) is 0 Å². The van der Waals surface area contributed by atoms with Crippen molar-refractivity contribution in [1.82, 2.24) is 0 Å². The van der Waals surface area contributed by atoms with Crippen LogP contribution in [0, 0.1) is 0 Å². The second-order valence-electron chi connectivity index (χ2n) is 6.29. The molecule has 0 saturated carbocycles. The fraction of sp³-hybridized carbons (Fsp3) is 0.333. The lowest BCUT2D eigenvalue weighted by atomic mass is 10.0. The zero-order valence-electron chi connectivity index (χ0n) is 13.5. The Bertz CT molecular complexity index is 764. The van der Waals surface area contributed by atoms with Crippen molar-refractivity contribution in [1.29, 1.82) is 0 Å². The van der Waals surface area contributed by atoms with Crippen LogP contribution in [0.3, 0.4) is 0 Å². The summed E-state index contributed by atoms with van der Waals surface area (Å²) in [5.74, 6) is 0. The molecule has 2 aromatic rings. The largest absolute Gasteiger partial charge is 0.370 e. The summed E-state index contributed by atoms with van der Waals surface area (Å²) in [4.78, 5) is 0. The monoisotopic (exact) mass is 486 g/mol. The normalized spacial score (nSPS) is 23.2. The second-order valence-corrected chi connectivity index (χ2v) is 8.79. The molecule has 9 heteroatoms. The lowest BCUT2D eigenvalue weighted by Crippen LogP contribution is -2.20. The Kier molecular flexibility index (Phi) is 6.07. The molecule has 0 bridgehead atoms. The first-order chi connectivity index (χ1) is 12.8. The van der Waals surface area contributed by atoms with Crippen molar-refractivity contribution in [2.24, 2.45) is 0 Å². The number of halogens is 6. The minimum Gasteiger partial charge on any atom is -0.370 e. The van der Waals surface area contributed by atoms with Crippen LogP contribution in [0.1, 0.15) is 23.3 Å². The van der Waals surface area contributed by atoms with Gasteiger partial charge in [0.25, 0.3) is 0 Å². The molecule has 0 amide bonds.